The average molecular weight is 1130 g/mol. The van der Waals surface area contributed by atoms with Crippen LogP contribution in [-0.2, 0) is 46.4 Å². The smallest absolute Gasteiger partial charge is 0.412 e. The number of amides is 2. The molecule has 1 fully saturated rings. The van der Waals surface area contributed by atoms with Gasteiger partial charge in [0.1, 0.15) is 41.2 Å². The van der Waals surface area contributed by atoms with E-state index in [1.807, 2.05) is 111 Å². The largest absolute Gasteiger partial charge is 0.497 e. The van der Waals surface area contributed by atoms with Gasteiger partial charge in [-0.1, -0.05) is 78.9 Å². The molecule has 1 saturated heterocycles. The molecule has 1 aliphatic rings. The molecule has 81 heavy (non-hydrogen) atoms. The number of anilines is 1. The van der Waals surface area contributed by atoms with E-state index < -0.39 is 66.3 Å². The molecule has 5 aromatic carbocycles. The number of methoxy groups -OCH3 is 2. The van der Waals surface area contributed by atoms with Crippen molar-refractivity contribution in [2.45, 2.75) is 89.1 Å². The number of benzene rings is 5. The lowest BCUT2D eigenvalue weighted by atomic mass is 9.80. The zero-order valence-electron chi connectivity index (χ0n) is 45.4. The van der Waals surface area contributed by atoms with Gasteiger partial charge in [-0.05, 0) is 85.8 Å². The molecular weight excluding hydrogens is 1070 g/mol. The Morgan fingerprint density at radius 3 is 1.75 bits per heavy atom. The fourth-order valence-electron chi connectivity index (χ4n) is 9.16. The van der Waals surface area contributed by atoms with Crippen LogP contribution in [0.15, 0.2) is 144 Å². The second-order valence-corrected chi connectivity index (χ2v) is 20.3. The summed E-state index contributed by atoms with van der Waals surface area (Å²) in [5.41, 5.74) is 0.966. The van der Waals surface area contributed by atoms with E-state index >= 15 is 0 Å². The van der Waals surface area contributed by atoms with Crippen LogP contribution in [0.5, 0.6) is 11.5 Å². The summed E-state index contributed by atoms with van der Waals surface area (Å²) in [5.74, 6) is 1.02. The maximum absolute atomic E-state index is 14.4. The van der Waals surface area contributed by atoms with Crippen LogP contribution in [0.2, 0.25) is 0 Å². The van der Waals surface area contributed by atoms with Gasteiger partial charge in [0.05, 0.1) is 63.0 Å². The molecule has 2 heterocycles. The Balaban J connectivity index is 1.28. The third-order valence-electron chi connectivity index (χ3n) is 13.0. The van der Waals surface area contributed by atoms with Crippen LogP contribution in [0, 0.1) is 31.6 Å². The number of non-ortho nitro benzene ring substituents is 2. The number of carbonyl (C=O) groups excluding carboxylic acids is 2. The van der Waals surface area contributed by atoms with Crippen molar-refractivity contribution < 1.29 is 56.9 Å². The number of nitro benzene ring substituents is 2. The van der Waals surface area contributed by atoms with E-state index in [4.69, 9.17) is 37.5 Å². The standard InChI is InChI=1S/C57H63N8O15P/c1-38(2)63(39(3)4)81(78-34-10-32-58)80-52-49(37-77-57(42-11-8-7-9-12-42,43-17-25-47(73-5)26-18-43)44-19-27-48(74-6)28-20-44)79-53(51(52)61-56(68)76-36-31-41-15-23-46(24-16-41)65(71)72)62-33-29-50(59-54(62)66)60-55(67)75-35-30-40-13-21-45(22-14-40)64(69)70/h7-9,11-29,33,38-39,49,51-53H,10,30-31,34-37H2,1-6H3,(H,61,68)(H,59,60,66,67)/t49-,51+,52-,53-,81?/m1/s1. The molecule has 426 valence electrons. The number of aromatic nitrogens is 2. The third-order valence-corrected chi connectivity index (χ3v) is 15.1. The van der Waals surface area contributed by atoms with Gasteiger partial charge in [0.25, 0.3) is 19.9 Å². The molecule has 5 atom stereocenters. The first-order valence-electron chi connectivity index (χ1n) is 25.9. The Bertz CT molecular complexity index is 3090. The quantitative estimate of drug-likeness (QED) is 0.0159. The molecule has 1 aromatic heterocycles. The van der Waals surface area contributed by atoms with Crippen LogP contribution in [0.1, 0.15) is 68.2 Å². The second-order valence-electron chi connectivity index (χ2n) is 18.9. The molecule has 0 bridgehead atoms. The molecule has 23 nitrogen and oxygen atoms in total. The van der Waals surface area contributed by atoms with Gasteiger partial charge in [0.15, 0.2) is 6.23 Å². The SMILES string of the molecule is COc1ccc(C(OC[C@H]2O[C@@H](n3ccc(NC(=O)OCCc4ccc([N+](=O)[O-])cc4)nc3=O)[C@@H](NC(=O)OCCc3ccc([N+](=O)[O-])cc3)[C@@H]2OP(OCCC#N)N(C(C)C)C(C)C)(c2ccccc2)c2ccc(OC)cc2)cc1. The van der Waals surface area contributed by atoms with Crippen LogP contribution >= 0.6 is 8.53 Å². The Labute approximate surface area is 468 Å². The van der Waals surface area contributed by atoms with E-state index in [1.54, 1.807) is 38.5 Å². The van der Waals surface area contributed by atoms with Gasteiger partial charge < -0.3 is 42.8 Å². The summed E-state index contributed by atoms with van der Waals surface area (Å²) < 4.78 is 53.2. The van der Waals surface area contributed by atoms with E-state index in [0.29, 0.717) is 33.8 Å². The fraction of sp³-hybridized carbons (Fsp3) is 0.351. The van der Waals surface area contributed by atoms with Crippen LogP contribution in [-0.4, -0.2) is 107 Å². The highest BCUT2D eigenvalue weighted by molar-refractivity contribution is 7.44. The number of nitrogens with one attached hydrogen (secondary N) is 2. The predicted molar refractivity (Wildman–Crippen MR) is 298 cm³/mol. The van der Waals surface area contributed by atoms with Gasteiger partial charge in [0.2, 0.25) is 0 Å². The lowest BCUT2D eigenvalue weighted by Crippen LogP contribution is -2.50. The molecule has 0 saturated carbocycles. The number of rotatable bonds is 27. The highest BCUT2D eigenvalue weighted by Gasteiger charge is 2.52. The van der Waals surface area contributed by atoms with Gasteiger partial charge in [-0.15, -0.1) is 0 Å². The van der Waals surface area contributed by atoms with E-state index in [2.05, 4.69) is 21.7 Å². The Hall–Kier alpha value is -8.36. The molecule has 2 amide bonds. The maximum Gasteiger partial charge on any atom is 0.412 e. The number of carbonyl (C=O) groups is 2. The lowest BCUT2D eigenvalue weighted by Gasteiger charge is -2.39. The van der Waals surface area contributed by atoms with E-state index in [1.165, 1.54) is 36.5 Å². The number of hydrogen-bond donors (Lipinski definition) is 2. The molecule has 1 aliphatic heterocycles. The van der Waals surface area contributed by atoms with Gasteiger partial charge in [-0.2, -0.15) is 10.2 Å². The Kier molecular flexibility index (Phi) is 21.3. The maximum atomic E-state index is 14.4. The van der Waals surface area contributed by atoms with Crippen molar-refractivity contribution in [3.05, 3.63) is 198 Å². The first-order valence-corrected chi connectivity index (χ1v) is 27.0. The van der Waals surface area contributed by atoms with E-state index in [9.17, 15) is 39.9 Å². The van der Waals surface area contributed by atoms with Gasteiger partial charge in [-0.25, -0.2) is 19.1 Å². The lowest BCUT2D eigenvalue weighted by molar-refractivity contribution is -0.385. The minimum Gasteiger partial charge on any atom is -0.497 e. The summed E-state index contributed by atoms with van der Waals surface area (Å²) in [5, 5.41) is 37.4. The zero-order valence-corrected chi connectivity index (χ0v) is 46.3. The minimum atomic E-state index is -2.08. The van der Waals surface area contributed by atoms with Crippen molar-refractivity contribution in [1.29, 1.82) is 5.26 Å². The highest BCUT2D eigenvalue weighted by Crippen LogP contribution is 2.51. The molecular formula is C57H63N8O15P. The third kappa shape index (κ3) is 15.5. The number of nitriles is 1. The van der Waals surface area contributed by atoms with Crippen LogP contribution in [0.25, 0.3) is 0 Å². The van der Waals surface area contributed by atoms with Crippen molar-refractivity contribution in [3.63, 3.8) is 0 Å². The number of nitrogens with zero attached hydrogens (tertiary/aromatic N) is 6. The highest BCUT2D eigenvalue weighted by atomic mass is 31.2. The molecule has 7 rings (SSSR count). The van der Waals surface area contributed by atoms with Gasteiger partial charge >= 0.3 is 17.9 Å². The number of ether oxygens (including phenoxy) is 6. The van der Waals surface area contributed by atoms with Crippen molar-refractivity contribution in [2.24, 2.45) is 0 Å². The molecule has 0 aliphatic carbocycles. The summed E-state index contributed by atoms with van der Waals surface area (Å²) in [4.78, 5) is 67.1. The minimum absolute atomic E-state index is 0.0114. The zero-order chi connectivity index (χ0) is 58.1. The number of hydrogen-bond acceptors (Lipinski definition) is 18. The summed E-state index contributed by atoms with van der Waals surface area (Å²) >= 11 is 0. The monoisotopic (exact) mass is 1130 g/mol. The van der Waals surface area contributed by atoms with Gasteiger partial charge in [0, 0.05) is 55.4 Å². The molecule has 24 heteroatoms. The van der Waals surface area contributed by atoms with Crippen molar-refractivity contribution in [3.8, 4) is 17.6 Å². The van der Waals surface area contributed by atoms with Crippen LogP contribution < -0.4 is 25.8 Å². The van der Waals surface area contributed by atoms with E-state index in [0.717, 1.165) is 10.1 Å². The van der Waals surface area contributed by atoms with Crippen LogP contribution in [0.3, 0.4) is 0 Å². The first kappa shape index (κ1) is 60.3. The summed E-state index contributed by atoms with van der Waals surface area (Å²) in [6, 6.07) is 37.8. The van der Waals surface area contributed by atoms with Gasteiger partial charge in [-0.3, -0.25) is 30.1 Å². The second kappa shape index (κ2) is 28.7. The normalized spacial score (nSPS) is 16.3. The fourth-order valence-corrected chi connectivity index (χ4v) is 10.9. The average Bonchev–Trinajstić information content (AvgIpc) is 4.06. The topological polar surface area (TPSA) is 280 Å². The summed E-state index contributed by atoms with van der Waals surface area (Å²) in [6.45, 7) is 7.31. The summed E-state index contributed by atoms with van der Waals surface area (Å²) in [7, 11) is 1.05. The first-order chi connectivity index (χ1) is 39.0. The van der Waals surface area contributed by atoms with Crippen LogP contribution in [0.4, 0.5) is 26.8 Å². The Morgan fingerprint density at radius 1 is 0.753 bits per heavy atom. The molecule has 0 radical (unpaired) electrons. The molecule has 6 aromatic rings. The molecule has 2 N–H and O–H groups in total. The van der Waals surface area contributed by atoms with Crippen molar-refractivity contribution >= 4 is 37.9 Å². The summed E-state index contributed by atoms with van der Waals surface area (Å²) in [6.07, 6.45) is -3.86. The van der Waals surface area contributed by atoms with Crippen molar-refractivity contribution in [1.82, 2.24) is 19.5 Å². The van der Waals surface area contributed by atoms with Crippen molar-refractivity contribution in [2.75, 3.05) is 46.0 Å². The van der Waals surface area contributed by atoms with E-state index in [-0.39, 0.29) is 75.0 Å². The number of alkyl carbamates (subject to hydrolysis) is 1. The Morgan fingerprint density at radius 2 is 1.27 bits per heavy atom. The number of nitro groups is 2. The molecule has 1 unspecified atom stereocenters. The molecule has 0 spiro atoms. The predicted octanol–water partition coefficient (Wildman–Crippen LogP) is 9.77.